The van der Waals surface area contributed by atoms with Crippen LogP contribution in [0.15, 0.2) is 41.0 Å². The zero-order chi connectivity index (χ0) is 11.5. The molecule has 16 heavy (non-hydrogen) atoms. The van der Waals surface area contributed by atoms with Crippen LogP contribution in [0.4, 0.5) is 17.2 Å². The van der Waals surface area contributed by atoms with E-state index in [-0.39, 0.29) is 0 Å². The molecule has 0 bridgehead atoms. The number of anilines is 3. The lowest BCUT2D eigenvalue weighted by atomic mass is 10.3. The first kappa shape index (κ1) is 11.7. The van der Waals surface area contributed by atoms with Crippen LogP contribution in [0, 0.1) is 3.57 Å². The van der Waals surface area contributed by atoms with Gasteiger partial charge in [-0.05, 0) is 62.8 Å². The summed E-state index contributed by atoms with van der Waals surface area (Å²) in [5.41, 5.74) is 7.27. The normalized spacial score (nSPS) is 10.1. The third-order valence-corrected chi connectivity index (χ3v) is 3.23. The summed E-state index contributed by atoms with van der Waals surface area (Å²) >= 11 is 5.69. The summed E-state index contributed by atoms with van der Waals surface area (Å²) in [7, 11) is 0. The maximum atomic E-state index is 5.62. The first-order valence-corrected chi connectivity index (χ1v) is 6.46. The Kier molecular flexibility index (Phi) is 3.65. The molecule has 0 fully saturated rings. The highest BCUT2D eigenvalue weighted by molar-refractivity contribution is 14.1. The number of hydrogen-bond donors (Lipinski definition) is 2. The molecule has 5 heteroatoms. The Bertz CT molecular complexity index is 516. The van der Waals surface area contributed by atoms with E-state index in [4.69, 9.17) is 5.73 Å². The van der Waals surface area contributed by atoms with Crippen molar-refractivity contribution in [3.63, 3.8) is 0 Å². The molecule has 82 valence electrons. The average Bonchev–Trinajstić information content (AvgIpc) is 2.22. The number of hydrogen-bond acceptors (Lipinski definition) is 3. The minimum atomic E-state index is 0.639. The zero-order valence-corrected chi connectivity index (χ0v) is 12.0. The third-order valence-electron chi connectivity index (χ3n) is 1.95. The Hall–Kier alpha value is -0.820. The van der Waals surface area contributed by atoms with Gasteiger partial charge < -0.3 is 11.1 Å². The van der Waals surface area contributed by atoms with E-state index in [1.165, 1.54) is 3.57 Å². The van der Waals surface area contributed by atoms with Gasteiger partial charge in [-0.15, -0.1) is 0 Å². The molecule has 3 nitrogen and oxygen atoms in total. The van der Waals surface area contributed by atoms with Crippen LogP contribution >= 0.6 is 38.5 Å². The zero-order valence-electron chi connectivity index (χ0n) is 8.24. The molecule has 2 aromatic rings. The molecular weight excluding hydrogens is 381 g/mol. The molecule has 0 spiro atoms. The van der Waals surface area contributed by atoms with Crippen LogP contribution in [0.5, 0.6) is 0 Å². The molecular formula is C11H9BrIN3. The quantitative estimate of drug-likeness (QED) is 0.768. The highest BCUT2D eigenvalue weighted by Gasteiger charge is 2.02. The van der Waals surface area contributed by atoms with Crippen LogP contribution in [0.1, 0.15) is 0 Å². The van der Waals surface area contributed by atoms with Crippen molar-refractivity contribution >= 4 is 55.7 Å². The van der Waals surface area contributed by atoms with Crippen LogP contribution in [0.3, 0.4) is 0 Å². The second-order valence-electron chi connectivity index (χ2n) is 3.23. The van der Waals surface area contributed by atoms with E-state index >= 15 is 0 Å². The van der Waals surface area contributed by atoms with Crippen molar-refractivity contribution in [2.24, 2.45) is 0 Å². The molecule has 0 aliphatic heterocycles. The fourth-order valence-corrected chi connectivity index (χ4v) is 2.26. The van der Waals surface area contributed by atoms with Crippen molar-refractivity contribution < 1.29 is 0 Å². The lowest BCUT2D eigenvalue weighted by Gasteiger charge is -2.08. The lowest BCUT2D eigenvalue weighted by Crippen LogP contribution is -1.96. The molecule has 0 radical (unpaired) electrons. The number of benzene rings is 1. The molecule has 0 saturated heterocycles. The molecule has 0 atom stereocenters. The van der Waals surface area contributed by atoms with Crippen molar-refractivity contribution in [3.05, 3.63) is 44.6 Å². The van der Waals surface area contributed by atoms with E-state index < -0.39 is 0 Å². The number of nitrogens with zero attached hydrogens (tertiary/aromatic N) is 1. The Morgan fingerprint density at radius 3 is 2.81 bits per heavy atom. The maximum absolute atomic E-state index is 5.62. The fraction of sp³-hybridized carbons (Fsp3) is 0. The molecule has 1 aromatic heterocycles. The van der Waals surface area contributed by atoms with Crippen LogP contribution in [0.25, 0.3) is 0 Å². The summed E-state index contributed by atoms with van der Waals surface area (Å²) in [4.78, 5) is 4.22. The fourth-order valence-electron chi connectivity index (χ4n) is 1.25. The van der Waals surface area contributed by atoms with E-state index in [2.05, 4.69) is 48.8 Å². The molecule has 1 aromatic carbocycles. The molecule has 0 aliphatic rings. The second-order valence-corrected chi connectivity index (χ2v) is 5.33. The number of halogens is 2. The summed E-state index contributed by atoms with van der Waals surface area (Å²) in [6, 6.07) is 9.90. The van der Waals surface area contributed by atoms with Gasteiger partial charge in [0.15, 0.2) is 0 Å². The minimum absolute atomic E-state index is 0.639. The molecule has 0 amide bonds. The predicted octanol–water partition coefficient (Wildman–Crippen LogP) is 3.77. The maximum Gasteiger partial charge on any atom is 0.144 e. The van der Waals surface area contributed by atoms with Crippen molar-refractivity contribution in [2.75, 3.05) is 11.1 Å². The van der Waals surface area contributed by atoms with Crippen LogP contribution in [-0.2, 0) is 0 Å². The van der Waals surface area contributed by atoms with Gasteiger partial charge in [-0.3, -0.25) is 0 Å². The number of nitrogens with two attached hydrogens (primary N) is 1. The van der Waals surface area contributed by atoms with Crippen LogP contribution < -0.4 is 11.1 Å². The van der Waals surface area contributed by atoms with Crippen molar-refractivity contribution in [3.8, 4) is 0 Å². The largest absolute Gasteiger partial charge is 0.397 e. The van der Waals surface area contributed by atoms with Crippen LogP contribution in [-0.4, -0.2) is 4.98 Å². The Morgan fingerprint density at radius 1 is 1.31 bits per heavy atom. The van der Waals surface area contributed by atoms with Gasteiger partial charge in [0, 0.05) is 9.26 Å². The van der Waals surface area contributed by atoms with Gasteiger partial charge in [0.05, 0.1) is 16.4 Å². The highest BCUT2D eigenvalue weighted by atomic mass is 127. The molecule has 2 rings (SSSR count). The third kappa shape index (κ3) is 2.85. The Morgan fingerprint density at radius 2 is 2.12 bits per heavy atom. The lowest BCUT2D eigenvalue weighted by molar-refractivity contribution is 1.29. The Balaban J connectivity index is 2.27. The highest BCUT2D eigenvalue weighted by Crippen LogP contribution is 2.25. The summed E-state index contributed by atoms with van der Waals surface area (Å²) in [5, 5.41) is 3.22. The average molecular weight is 390 g/mol. The van der Waals surface area contributed by atoms with Crippen molar-refractivity contribution in [1.82, 2.24) is 4.98 Å². The van der Waals surface area contributed by atoms with Gasteiger partial charge in [0.1, 0.15) is 5.82 Å². The first-order valence-electron chi connectivity index (χ1n) is 4.59. The standard InChI is InChI=1S/C11H9BrIN3/c12-10-5-8(14)6-15-11(10)16-9-3-1-2-7(13)4-9/h1-6H,14H2,(H,15,16). The smallest absolute Gasteiger partial charge is 0.144 e. The summed E-state index contributed by atoms with van der Waals surface area (Å²) in [6.07, 6.45) is 1.63. The molecule has 0 saturated carbocycles. The molecule has 0 unspecified atom stereocenters. The topological polar surface area (TPSA) is 50.9 Å². The number of aromatic nitrogens is 1. The van der Waals surface area contributed by atoms with Gasteiger partial charge in [0.25, 0.3) is 0 Å². The van der Waals surface area contributed by atoms with Crippen molar-refractivity contribution in [2.45, 2.75) is 0 Å². The first-order chi connectivity index (χ1) is 7.65. The van der Waals surface area contributed by atoms with Gasteiger partial charge in [0.2, 0.25) is 0 Å². The SMILES string of the molecule is Nc1cnc(Nc2cccc(I)c2)c(Br)c1. The number of rotatable bonds is 2. The number of nitrogen functional groups attached to an aromatic ring is 1. The molecule has 0 aliphatic carbocycles. The van der Waals surface area contributed by atoms with E-state index in [1.807, 2.05) is 30.3 Å². The summed E-state index contributed by atoms with van der Waals surface area (Å²) in [6.45, 7) is 0. The predicted molar refractivity (Wildman–Crippen MR) is 78.8 cm³/mol. The monoisotopic (exact) mass is 389 g/mol. The minimum Gasteiger partial charge on any atom is -0.397 e. The van der Waals surface area contributed by atoms with Gasteiger partial charge >= 0.3 is 0 Å². The molecule has 1 heterocycles. The summed E-state index contributed by atoms with van der Waals surface area (Å²) < 4.78 is 2.03. The second kappa shape index (κ2) is 5.01. The number of nitrogens with one attached hydrogen (secondary N) is 1. The van der Waals surface area contributed by atoms with Gasteiger partial charge in [-0.2, -0.15) is 0 Å². The molecule has 3 N–H and O–H groups in total. The Labute approximate surface area is 116 Å². The number of pyridine rings is 1. The summed E-state index contributed by atoms with van der Waals surface area (Å²) in [5.74, 6) is 0.760. The van der Waals surface area contributed by atoms with Gasteiger partial charge in [-0.25, -0.2) is 4.98 Å². The van der Waals surface area contributed by atoms with Crippen molar-refractivity contribution in [1.29, 1.82) is 0 Å². The van der Waals surface area contributed by atoms with E-state index in [0.29, 0.717) is 5.69 Å². The van der Waals surface area contributed by atoms with Gasteiger partial charge in [-0.1, -0.05) is 6.07 Å². The van der Waals surface area contributed by atoms with Crippen LogP contribution in [0.2, 0.25) is 0 Å². The van der Waals surface area contributed by atoms with E-state index in [1.54, 1.807) is 6.20 Å². The van der Waals surface area contributed by atoms with E-state index in [9.17, 15) is 0 Å². The van der Waals surface area contributed by atoms with E-state index in [0.717, 1.165) is 16.0 Å².